The van der Waals surface area contributed by atoms with Crippen LogP contribution in [0.5, 0.6) is 0 Å². The molecule has 0 amide bonds. The van der Waals surface area contributed by atoms with E-state index in [0.717, 1.165) is 0 Å². The van der Waals surface area contributed by atoms with E-state index in [1.807, 2.05) is 0 Å². The molecule has 0 saturated heterocycles. The Morgan fingerprint density at radius 2 is 2.00 bits per heavy atom. The van der Waals surface area contributed by atoms with E-state index in [1.54, 1.807) is 18.2 Å². The number of carboxylic acid groups (broad SMARTS) is 1. The van der Waals surface area contributed by atoms with Crippen molar-refractivity contribution in [3.05, 3.63) is 58.9 Å². The molecule has 2 aromatic rings. The molecule has 0 aromatic heterocycles. The van der Waals surface area contributed by atoms with Crippen LogP contribution >= 0.6 is 23.4 Å². The van der Waals surface area contributed by atoms with Crippen LogP contribution < -0.4 is 0 Å². The minimum atomic E-state index is -1.03. The number of hydrogen-bond acceptors (Lipinski definition) is 2. The summed E-state index contributed by atoms with van der Waals surface area (Å²) >= 11 is 7.27. The highest BCUT2D eigenvalue weighted by Crippen LogP contribution is 2.33. The van der Waals surface area contributed by atoms with Crippen LogP contribution in [0.1, 0.15) is 10.4 Å². The van der Waals surface area contributed by atoms with Crippen molar-refractivity contribution in [3.63, 3.8) is 0 Å². The van der Waals surface area contributed by atoms with Crippen molar-refractivity contribution in [2.24, 2.45) is 0 Å². The van der Waals surface area contributed by atoms with Gasteiger partial charge in [-0.3, -0.25) is 0 Å². The maximum absolute atomic E-state index is 13.0. The Hall–Kier alpha value is -1.52. The summed E-state index contributed by atoms with van der Waals surface area (Å²) in [4.78, 5) is 12.1. The second-order valence-corrected chi connectivity index (χ2v) is 5.03. The lowest BCUT2D eigenvalue weighted by Gasteiger charge is -2.05. The highest BCUT2D eigenvalue weighted by molar-refractivity contribution is 7.99. The van der Waals surface area contributed by atoms with Crippen LogP contribution in [0, 0.1) is 5.82 Å². The van der Waals surface area contributed by atoms with Crippen LogP contribution in [0.25, 0.3) is 0 Å². The molecule has 0 aliphatic heterocycles. The second kappa shape index (κ2) is 5.42. The highest BCUT2D eigenvalue weighted by atomic mass is 35.5. The fourth-order valence-corrected chi connectivity index (χ4v) is 2.53. The molecule has 0 spiro atoms. The number of carbonyl (C=O) groups is 1. The van der Waals surface area contributed by atoms with Gasteiger partial charge in [-0.25, -0.2) is 9.18 Å². The molecule has 0 bridgehead atoms. The molecule has 2 nitrogen and oxygen atoms in total. The predicted molar refractivity (Wildman–Crippen MR) is 68.9 cm³/mol. The molecular weight excluding hydrogens is 275 g/mol. The lowest BCUT2D eigenvalue weighted by atomic mass is 10.2. The Morgan fingerprint density at radius 1 is 1.22 bits per heavy atom. The van der Waals surface area contributed by atoms with Gasteiger partial charge in [0.2, 0.25) is 0 Å². The van der Waals surface area contributed by atoms with E-state index in [4.69, 9.17) is 16.7 Å². The Balaban J connectivity index is 2.27. The maximum atomic E-state index is 13.0. The van der Waals surface area contributed by atoms with E-state index in [1.165, 1.54) is 36.0 Å². The first-order valence-electron chi connectivity index (χ1n) is 5.02. The average molecular weight is 283 g/mol. The van der Waals surface area contributed by atoms with E-state index in [2.05, 4.69) is 0 Å². The molecule has 0 heterocycles. The molecule has 0 aliphatic rings. The van der Waals surface area contributed by atoms with E-state index in [9.17, 15) is 9.18 Å². The molecule has 2 aromatic carbocycles. The van der Waals surface area contributed by atoms with Gasteiger partial charge in [0.1, 0.15) is 5.82 Å². The Morgan fingerprint density at radius 3 is 2.61 bits per heavy atom. The summed E-state index contributed by atoms with van der Waals surface area (Å²) < 4.78 is 13.0. The van der Waals surface area contributed by atoms with Crippen LogP contribution in [0.3, 0.4) is 0 Å². The van der Waals surface area contributed by atoms with Crippen molar-refractivity contribution in [3.8, 4) is 0 Å². The van der Waals surface area contributed by atoms with E-state index >= 15 is 0 Å². The summed E-state index contributed by atoms with van der Waals surface area (Å²) in [6.45, 7) is 0. The molecule has 0 saturated carbocycles. The third-order valence-electron chi connectivity index (χ3n) is 2.20. The lowest BCUT2D eigenvalue weighted by molar-refractivity contribution is 0.0697. The second-order valence-electron chi connectivity index (χ2n) is 3.51. The van der Waals surface area contributed by atoms with Crippen molar-refractivity contribution < 1.29 is 14.3 Å². The van der Waals surface area contributed by atoms with Gasteiger partial charge in [-0.15, -0.1) is 0 Å². The molecule has 2 rings (SSSR count). The number of benzene rings is 2. The summed E-state index contributed by atoms with van der Waals surface area (Å²) in [6.07, 6.45) is 0. The molecule has 0 radical (unpaired) electrons. The monoisotopic (exact) mass is 282 g/mol. The third-order valence-corrected chi connectivity index (χ3v) is 3.69. The molecule has 1 N–H and O–H groups in total. The largest absolute Gasteiger partial charge is 0.478 e. The van der Waals surface area contributed by atoms with Gasteiger partial charge in [-0.2, -0.15) is 0 Å². The molecule has 0 aliphatic carbocycles. The number of carboxylic acids is 1. The molecule has 92 valence electrons. The molecule has 5 heteroatoms. The molecule has 18 heavy (non-hydrogen) atoms. The number of aromatic carboxylic acids is 1. The third kappa shape index (κ3) is 3.03. The van der Waals surface area contributed by atoms with Crippen LogP contribution in [-0.2, 0) is 0 Å². The zero-order valence-electron chi connectivity index (χ0n) is 9.06. The minimum Gasteiger partial charge on any atom is -0.478 e. The van der Waals surface area contributed by atoms with E-state index in [0.29, 0.717) is 14.8 Å². The summed E-state index contributed by atoms with van der Waals surface area (Å²) in [5.41, 5.74) is 0.128. The zero-order valence-corrected chi connectivity index (χ0v) is 10.6. The van der Waals surface area contributed by atoms with Gasteiger partial charge in [-0.1, -0.05) is 29.4 Å². The summed E-state index contributed by atoms with van der Waals surface area (Å²) in [5.74, 6) is -1.35. The first kappa shape index (κ1) is 12.9. The first-order valence-corrected chi connectivity index (χ1v) is 6.22. The van der Waals surface area contributed by atoms with E-state index < -0.39 is 5.97 Å². The van der Waals surface area contributed by atoms with Gasteiger partial charge >= 0.3 is 5.97 Å². The quantitative estimate of drug-likeness (QED) is 0.910. The van der Waals surface area contributed by atoms with Crippen molar-refractivity contribution in [2.45, 2.75) is 9.79 Å². The highest BCUT2D eigenvalue weighted by Gasteiger charge is 2.08. The van der Waals surface area contributed by atoms with Crippen LogP contribution in [0.2, 0.25) is 5.02 Å². The fraction of sp³-hybridized carbons (Fsp3) is 0. The Kier molecular flexibility index (Phi) is 3.89. The smallest absolute Gasteiger partial charge is 0.335 e. The molecule has 0 fully saturated rings. The summed E-state index contributed by atoms with van der Waals surface area (Å²) in [6, 6.07) is 10.6. The number of halogens is 2. The van der Waals surface area contributed by atoms with Crippen LogP contribution in [-0.4, -0.2) is 11.1 Å². The van der Waals surface area contributed by atoms with Crippen molar-refractivity contribution in [2.75, 3.05) is 0 Å². The van der Waals surface area contributed by atoms with Gasteiger partial charge in [-0.05, 0) is 36.4 Å². The molecular formula is C13H8ClFO2S. The topological polar surface area (TPSA) is 37.3 Å². The Bertz CT molecular complexity index is 601. The average Bonchev–Trinajstić information content (AvgIpc) is 2.31. The predicted octanol–water partition coefficient (Wildman–Crippen LogP) is 4.33. The van der Waals surface area contributed by atoms with Crippen LogP contribution in [0.4, 0.5) is 4.39 Å². The van der Waals surface area contributed by atoms with Crippen molar-refractivity contribution in [1.29, 1.82) is 0 Å². The van der Waals surface area contributed by atoms with Gasteiger partial charge in [0.25, 0.3) is 0 Å². The lowest BCUT2D eigenvalue weighted by Crippen LogP contribution is -1.95. The molecule has 0 atom stereocenters. The minimum absolute atomic E-state index is 0.128. The van der Waals surface area contributed by atoms with Crippen molar-refractivity contribution in [1.82, 2.24) is 0 Å². The first-order chi connectivity index (χ1) is 8.56. The van der Waals surface area contributed by atoms with Gasteiger partial charge in [0.15, 0.2) is 0 Å². The number of rotatable bonds is 3. The van der Waals surface area contributed by atoms with Crippen molar-refractivity contribution >= 4 is 29.3 Å². The maximum Gasteiger partial charge on any atom is 0.335 e. The van der Waals surface area contributed by atoms with Crippen LogP contribution in [0.15, 0.2) is 52.3 Å². The fourth-order valence-electron chi connectivity index (χ4n) is 1.37. The van der Waals surface area contributed by atoms with Gasteiger partial charge < -0.3 is 5.11 Å². The SMILES string of the molecule is O=C(O)c1ccc(Sc2cccc(F)c2)c(Cl)c1. The standard InChI is InChI=1S/C13H8ClFO2S/c14-11-6-8(13(16)17)4-5-12(11)18-10-3-1-2-9(15)7-10/h1-7H,(H,16,17). The van der Waals surface area contributed by atoms with Gasteiger partial charge in [0, 0.05) is 9.79 Å². The summed E-state index contributed by atoms with van der Waals surface area (Å²) in [7, 11) is 0. The number of hydrogen-bond donors (Lipinski definition) is 1. The normalized spacial score (nSPS) is 10.3. The Labute approximate surface area is 112 Å². The van der Waals surface area contributed by atoms with Gasteiger partial charge in [0.05, 0.1) is 10.6 Å². The van der Waals surface area contributed by atoms with E-state index in [-0.39, 0.29) is 11.4 Å². The summed E-state index contributed by atoms with van der Waals surface area (Å²) in [5, 5.41) is 9.15. The molecule has 0 unspecified atom stereocenters. The zero-order chi connectivity index (χ0) is 13.1.